The molecule has 0 aliphatic heterocycles. The van der Waals surface area contributed by atoms with Gasteiger partial charge >= 0.3 is 0 Å². The summed E-state index contributed by atoms with van der Waals surface area (Å²) < 4.78 is 32.5. The van der Waals surface area contributed by atoms with Gasteiger partial charge in [0.25, 0.3) is 10.1 Å². The zero-order valence-corrected chi connectivity index (χ0v) is 33.0. The number of allylic oxidation sites excluding steroid dienone is 1. The van der Waals surface area contributed by atoms with Crippen molar-refractivity contribution in [3.63, 3.8) is 0 Å². The molecule has 0 aliphatic carbocycles. The highest BCUT2D eigenvalue weighted by Crippen LogP contribution is 2.16. The zero-order valence-electron chi connectivity index (χ0n) is 32.2. The van der Waals surface area contributed by atoms with Crippen LogP contribution in [0.1, 0.15) is 219 Å². The number of aliphatic hydroxyl groups excluding tert-OH is 2. The van der Waals surface area contributed by atoms with Crippen molar-refractivity contribution in [3.05, 3.63) is 12.2 Å². The lowest BCUT2D eigenvalue weighted by Crippen LogP contribution is -2.50. The molecular weight excluding hydrogens is 635 g/mol. The standard InChI is InChI=1S/C41H81NO6S/c1-3-5-7-9-11-13-15-17-19-20-21-22-24-25-27-29-31-33-35-39(43)38(37-49(46,47)48)42-41(45)40(44)36-34-32-30-28-26-23-18-16-14-12-10-8-6-4-2/h33,35,38-40,43-44H,3-32,34,36-37H2,1-2H3,(H,42,45)(H,46,47,48)/b35-33+. The van der Waals surface area contributed by atoms with Crippen molar-refractivity contribution < 1.29 is 28.0 Å². The first-order chi connectivity index (χ1) is 23.7. The largest absolute Gasteiger partial charge is 0.387 e. The predicted octanol–water partition coefficient (Wildman–Crippen LogP) is 11.2. The van der Waals surface area contributed by atoms with Crippen LogP contribution in [-0.2, 0) is 14.9 Å². The van der Waals surface area contributed by atoms with E-state index in [0.717, 1.165) is 38.5 Å². The van der Waals surface area contributed by atoms with Crippen LogP contribution < -0.4 is 5.32 Å². The molecule has 0 heterocycles. The van der Waals surface area contributed by atoms with Crippen LogP contribution in [0.15, 0.2) is 12.2 Å². The Bertz CT molecular complexity index is 849. The van der Waals surface area contributed by atoms with E-state index in [4.69, 9.17) is 0 Å². The maximum atomic E-state index is 12.6. The molecule has 0 fully saturated rings. The molecule has 0 aliphatic rings. The first-order valence-corrected chi connectivity index (χ1v) is 22.6. The third-order valence-electron chi connectivity index (χ3n) is 9.82. The molecule has 49 heavy (non-hydrogen) atoms. The van der Waals surface area contributed by atoms with Gasteiger partial charge < -0.3 is 15.5 Å². The van der Waals surface area contributed by atoms with Gasteiger partial charge in [0.2, 0.25) is 5.91 Å². The molecule has 8 heteroatoms. The molecule has 0 rings (SSSR count). The average molecular weight is 716 g/mol. The third kappa shape index (κ3) is 35.2. The van der Waals surface area contributed by atoms with E-state index >= 15 is 0 Å². The maximum absolute atomic E-state index is 12.6. The van der Waals surface area contributed by atoms with Gasteiger partial charge in [0.1, 0.15) is 6.10 Å². The summed E-state index contributed by atoms with van der Waals surface area (Å²) in [6, 6.07) is -1.23. The van der Waals surface area contributed by atoms with Crippen LogP contribution in [-0.4, -0.2) is 53.1 Å². The Morgan fingerprint density at radius 3 is 1.22 bits per heavy atom. The van der Waals surface area contributed by atoms with E-state index in [-0.39, 0.29) is 6.42 Å². The van der Waals surface area contributed by atoms with Crippen LogP contribution in [0.3, 0.4) is 0 Å². The number of rotatable bonds is 38. The van der Waals surface area contributed by atoms with Crippen molar-refractivity contribution in [2.24, 2.45) is 0 Å². The fourth-order valence-corrected chi connectivity index (χ4v) is 7.31. The first-order valence-electron chi connectivity index (χ1n) is 21.0. The molecule has 0 radical (unpaired) electrons. The molecule has 1 amide bonds. The van der Waals surface area contributed by atoms with Crippen molar-refractivity contribution >= 4 is 16.0 Å². The van der Waals surface area contributed by atoms with Crippen molar-refractivity contribution in [2.45, 2.75) is 238 Å². The Hall–Kier alpha value is -0.960. The highest BCUT2D eigenvalue weighted by atomic mass is 32.2. The van der Waals surface area contributed by atoms with Gasteiger partial charge in [-0.3, -0.25) is 9.35 Å². The Morgan fingerprint density at radius 2 is 0.878 bits per heavy atom. The van der Waals surface area contributed by atoms with Gasteiger partial charge in [0.05, 0.1) is 17.9 Å². The second-order valence-electron chi connectivity index (χ2n) is 14.8. The fraction of sp³-hybridized carbons (Fsp3) is 0.927. The minimum atomic E-state index is -4.44. The van der Waals surface area contributed by atoms with Crippen LogP contribution in [0, 0.1) is 0 Å². The van der Waals surface area contributed by atoms with Gasteiger partial charge in [-0.25, -0.2) is 0 Å². The van der Waals surface area contributed by atoms with Gasteiger partial charge in [-0.2, -0.15) is 8.42 Å². The predicted molar refractivity (Wildman–Crippen MR) is 209 cm³/mol. The third-order valence-corrected chi connectivity index (χ3v) is 10.6. The molecule has 0 aromatic heterocycles. The molecule has 0 aromatic rings. The van der Waals surface area contributed by atoms with Gasteiger partial charge in [0.15, 0.2) is 0 Å². The summed E-state index contributed by atoms with van der Waals surface area (Å²) in [4.78, 5) is 12.6. The van der Waals surface area contributed by atoms with Gasteiger partial charge in [-0.05, 0) is 19.3 Å². The van der Waals surface area contributed by atoms with Gasteiger partial charge in [-0.15, -0.1) is 0 Å². The van der Waals surface area contributed by atoms with Crippen LogP contribution in [0.2, 0.25) is 0 Å². The van der Waals surface area contributed by atoms with E-state index in [9.17, 15) is 28.0 Å². The molecule has 3 unspecified atom stereocenters. The van der Waals surface area contributed by atoms with E-state index in [1.54, 1.807) is 0 Å². The van der Waals surface area contributed by atoms with E-state index in [1.165, 1.54) is 160 Å². The SMILES string of the molecule is CCCCCCCCCCCCCCCCCC/C=C/C(O)C(CS(=O)(=O)O)NC(=O)C(O)CCCCCCCCCCCCCCCC. The minimum absolute atomic E-state index is 0.285. The Labute approximate surface area is 304 Å². The van der Waals surface area contributed by atoms with Crippen molar-refractivity contribution in [1.82, 2.24) is 5.32 Å². The molecule has 0 aromatic carbocycles. The van der Waals surface area contributed by atoms with Crippen molar-refractivity contribution in [2.75, 3.05) is 5.75 Å². The lowest BCUT2D eigenvalue weighted by atomic mass is 10.0. The highest BCUT2D eigenvalue weighted by molar-refractivity contribution is 7.85. The first kappa shape index (κ1) is 48.0. The normalized spacial score (nSPS) is 14.0. The molecule has 0 saturated carbocycles. The zero-order chi connectivity index (χ0) is 36.3. The van der Waals surface area contributed by atoms with E-state index in [2.05, 4.69) is 19.2 Å². The Kier molecular flexibility index (Phi) is 34.7. The lowest BCUT2D eigenvalue weighted by molar-refractivity contribution is -0.130. The van der Waals surface area contributed by atoms with Gasteiger partial charge in [0, 0.05) is 0 Å². The van der Waals surface area contributed by atoms with Gasteiger partial charge in [-0.1, -0.05) is 212 Å². The molecule has 3 atom stereocenters. The molecule has 292 valence electrons. The van der Waals surface area contributed by atoms with E-state index in [1.807, 2.05) is 6.08 Å². The number of nitrogens with one attached hydrogen (secondary N) is 1. The van der Waals surface area contributed by atoms with Crippen LogP contribution >= 0.6 is 0 Å². The molecular formula is C41H81NO6S. The Morgan fingerprint density at radius 1 is 0.551 bits per heavy atom. The second kappa shape index (κ2) is 35.4. The number of carbonyl (C=O) groups is 1. The molecule has 4 N–H and O–H groups in total. The second-order valence-corrected chi connectivity index (χ2v) is 16.3. The fourth-order valence-electron chi connectivity index (χ4n) is 6.57. The topological polar surface area (TPSA) is 124 Å². The molecule has 0 saturated heterocycles. The number of aliphatic hydroxyl groups is 2. The smallest absolute Gasteiger partial charge is 0.267 e. The number of amides is 1. The summed E-state index contributed by atoms with van der Waals surface area (Å²) in [7, 11) is -4.44. The van der Waals surface area contributed by atoms with E-state index < -0.39 is 40.0 Å². The number of hydrogen-bond acceptors (Lipinski definition) is 5. The summed E-state index contributed by atoms with van der Waals surface area (Å²) in [5.74, 6) is -1.52. The van der Waals surface area contributed by atoms with Crippen molar-refractivity contribution in [1.29, 1.82) is 0 Å². The summed E-state index contributed by atoms with van der Waals surface area (Å²) in [6.45, 7) is 4.51. The summed E-state index contributed by atoms with van der Waals surface area (Å²) in [5, 5.41) is 23.4. The maximum Gasteiger partial charge on any atom is 0.267 e. The lowest BCUT2D eigenvalue weighted by Gasteiger charge is -2.22. The highest BCUT2D eigenvalue weighted by Gasteiger charge is 2.27. The van der Waals surface area contributed by atoms with E-state index in [0.29, 0.717) is 6.42 Å². The molecule has 0 bridgehead atoms. The van der Waals surface area contributed by atoms with Crippen molar-refractivity contribution in [3.8, 4) is 0 Å². The number of carbonyl (C=O) groups excluding carboxylic acids is 1. The molecule has 0 spiro atoms. The Balaban J connectivity index is 4.00. The quantitative estimate of drug-likeness (QED) is 0.0286. The summed E-state index contributed by atoms with van der Waals surface area (Å²) in [6.07, 6.45) is 39.8. The number of hydrogen-bond donors (Lipinski definition) is 4. The summed E-state index contributed by atoms with van der Waals surface area (Å²) >= 11 is 0. The number of unbranched alkanes of at least 4 members (excludes halogenated alkanes) is 29. The van der Waals surface area contributed by atoms with Crippen LogP contribution in [0.5, 0.6) is 0 Å². The minimum Gasteiger partial charge on any atom is -0.387 e. The average Bonchev–Trinajstić information content (AvgIpc) is 3.06. The molecule has 7 nitrogen and oxygen atoms in total. The monoisotopic (exact) mass is 716 g/mol. The van der Waals surface area contributed by atoms with Crippen LogP contribution in [0.4, 0.5) is 0 Å². The summed E-state index contributed by atoms with van der Waals surface area (Å²) in [5.41, 5.74) is 0. The van der Waals surface area contributed by atoms with Crippen LogP contribution in [0.25, 0.3) is 0 Å².